The van der Waals surface area contributed by atoms with Crippen LogP contribution in [0.4, 0.5) is 5.69 Å². The number of rotatable bonds is 2. The molecule has 3 heterocycles. The molecule has 1 saturated heterocycles. The number of halogens is 1. The number of hydrogen-bond acceptors (Lipinski definition) is 3. The van der Waals surface area contributed by atoms with Crippen molar-refractivity contribution in [3.05, 3.63) is 22.4 Å². The smallest absolute Gasteiger partial charge is 0.239 e. The maximum atomic E-state index is 13.1. The van der Waals surface area contributed by atoms with Gasteiger partial charge in [0.1, 0.15) is 0 Å². The predicted molar refractivity (Wildman–Crippen MR) is 102 cm³/mol. The average molecular weight is 404 g/mol. The van der Waals surface area contributed by atoms with E-state index < -0.39 is 5.41 Å². The summed E-state index contributed by atoms with van der Waals surface area (Å²) in [5.41, 5.74) is 2.12. The van der Waals surface area contributed by atoms with Crippen LogP contribution in [0.5, 0.6) is 0 Å². The number of aromatic nitrogens is 1. The Labute approximate surface area is 158 Å². The second kappa shape index (κ2) is 5.29. The highest BCUT2D eigenvalue weighted by atomic mass is 79.9. The van der Waals surface area contributed by atoms with Gasteiger partial charge in [-0.05, 0) is 86.3 Å². The number of carbonyl (C=O) groups excluding carboxylic acids is 1. The van der Waals surface area contributed by atoms with Crippen LogP contribution in [-0.2, 0) is 10.2 Å². The van der Waals surface area contributed by atoms with Gasteiger partial charge >= 0.3 is 0 Å². The maximum absolute atomic E-state index is 13.1. The van der Waals surface area contributed by atoms with Crippen molar-refractivity contribution < 1.29 is 4.79 Å². The van der Waals surface area contributed by atoms with Gasteiger partial charge in [0.05, 0.1) is 16.8 Å². The number of fused-ring (bicyclic) bond motifs is 1. The van der Waals surface area contributed by atoms with E-state index in [0.717, 1.165) is 28.7 Å². The molecule has 5 rings (SSSR count). The lowest BCUT2D eigenvalue weighted by molar-refractivity contribution is -0.123. The number of hydrogen-bond donors (Lipinski definition) is 0. The van der Waals surface area contributed by atoms with E-state index in [1.165, 1.54) is 38.8 Å². The molecule has 4 aliphatic rings. The molecule has 1 aromatic heterocycles. The molecule has 134 valence electrons. The standard InChI is InChI=1S/C20H26BrN3O/c1-19(2)17-16(8-13(21)11-22-17)24(18(19)25)15-9-14(10-15)23-7-3-4-20(12-23)5-6-20/h8,11,14-15H,3-7,9-10,12H2,1-2H3. The summed E-state index contributed by atoms with van der Waals surface area (Å²) >= 11 is 3.52. The number of carbonyl (C=O) groups is 1. The molecule has 0 atom stereocenters. The van der Waals surface area contributed by atoms with E-state index in [2.05, 4.69) is 36.8 Å². The Hall–Kier alpha value is -0.940. The third-order valence-corrected chi connectivity index (χ3v) is 7.49. The lowest BCUT2D eigenvalue weighted by atomic mass is 9.81. The molecule has 0 radical (unpaired) electrons. The molecule has 0 N–H and O–H groups in total. The fourth-order valence-electron chi connectivity index (χ4n) is 5.18. The fraction of sp³-hybridized carbons (Fsp3) is 0.700. The SMILES string of the molecule is CC1(C)C(=O)N(C2CC(N3CCCC4(CC4)C3)C2)c2cc(Br)cnc21. The molecule has 2 aliphatic carbocycles. The van der Waals surface area contributed by atoms with E-state index in [1.54, 1.807) is 0 Å². The second-order valence-electron chi connectivity index (χ2n) is 9.17. The fourth-order valence-corrected chi connectivity index (χ4v) is 5.50. The molecule has 25 heavy (non-hydrogen) atoms. The quantitative estimate of drug-likeness (QED) is 0.751. The van der Waals surface area contributed by atoms with Crippen molar-refractivity contribution in [2.75, 3.05) is 18.0 Å². The Morgan fingerprint density at radius 2 is 1.96 bits per heavy atom. The number of amides is 1. The topological polar surface area (TPSA) is 36.4 Å². The zero-order chi connectivity index (χ0) is 17.4. The molecule has 2 saturated carbocycles. The van der Waals surface area contributed by atoms with E-state index in [-0.39, 0.29) is 5.91 Å². The molecule has 0 aromatic carbocycles. The molecule has 5 heteroatoms. The first-order valence-corrected chi connectivity index (χ1v) is 10.4. The van der Waals surface area contributed by atoms with Gasteiger partial charge in [0, 0.05) is 29.3 Å². The summed E-state index contributed by atoms with van der Waals surface area (Å²) in [7, 11) is 0. The van der Waals surface area contributed by atoms with Gasteiger partial charge in [-0.2, -0.15) is 0 Å². The minimum absolute atomic E-state index is 0.217. The first kappa shape index (κ1) is 16.2. The van der Waals surface area contributed by atoms with Crippen LogP contribution in [0.1, 0.15) is 58.1 Å². The highest BCUT2D eigenvalue weighted by Gasteiger charge is 2.53. The van der Waals surface area contributed by atoms with E-state index in [4.69, 9.17) is 0 Å². The van der Waals surface area contributed by atoms with E-state index >= 15 is 0 Å². The Morgan fingerprint density at radius 1 is 1.20 bits per heavy atom. The van der Waals surface area contributed by atoms with Gasteiger partial charge < -0.3 is 4.90 Å². The van der Waals surface area contributed by atoms with Crippen LogP contribution in [-0.4, -0.2) is 41.0 Å². The zero-order valence-electron chi connectivity index (χ0n) is 15.1. The molecule has 2 aliphatic heterocycles. The monoisotopic (exact) mass is 403 g/mol. The number of likely N-dealkylation sites (tertiary alicyclic amines) is 1. The van der Waals surface area contributed by atoms with Gasteiger partial charge in [0.25, 0.3) is 0 Å². The Kier molecular flexibility index (Phi) is 3.44. The lowest BCUT2D eigenvalue weighted by Crippen LogP contribution is -2.58. The van der Waals surface area contributed by atoms with Crippen LogP contribution >= 0.6 is 15.9 Å². The van der Waals surface area contributed by atoms with Crippen molar-refractivity contribution in [3.8, 4) is 0 Å². The van der Waals surface area contributed by atoms with Gasteiger partial charge in [-0.15, -0.1) is 0 Å². The summed E-state index contributed by atoms with van der Waals surface area (Å²) in [5.74, 6) is 0.217. The van der Waals surface area contributed by atoms with Crippen molar-refractivity contribution in [3.63, 3.8) is 0 Å². The minimum atomic E-state index is -0.510. The molecule has 1 amide bonds. The highest BCUT2D eigenvalue weighted by molar-refractivity contribution is 9.10. The molecule has 1 aromatic rings. The van der Waals surface area contributed by atoms with Crippen LogP contribution in [0.2, 0.25) is 0 Å². The second-order valence-corrected chi connectivity index (χ2v) is 10.1. The largest absolute Gasteiger partial charge is 0.307 e. The molecule has 1 spiro atoms. The third-order valence-electron chi connectivity index (χ3n) is 7.06. The van der Waals surface area contributed by atoms with Gasteiger partial charge in [-0.3, -0.25) is 14.7 Å². The molecule has 3 fully saturated rings. The van der Waals surface area contributed by atoms with E-state index in [9.17, 15) is 4.79 Å². The van der Waals surface area contributed by atoms with Crippen LogP contribution in [0, 0.1) is 5.41 Å². The summed E-state index contributed by atoms with van der Waals surface area (Å²) in [4.78, 5) is 22.4. The molecule has 0 bridgehead atoms. The summed E-state index contributed by atoms with van der Waals surface area (Å²) in [6.45, 7) is 6.56. The summed E-state index contributed by atoms with van der Waals surface area (Å²) < 4.78 is 0.948. The maximum Gasteiger partial charge on any atom is 0.239 e. The Bertz CT molecular complexity index is 736. The zero-order valence-corrected chi connectivity index (χ0v) is 16.7. The van der Waals surface area contributed by atoms with Crippen molar-refractivity contribution in [1.29, 1.82) is 0 Å². The van der Waals surface area contributed by atoms with E-state index in [0.29, 0.717) is 17.5 Å². The van der Waals surface area contributed by atoms with Crippen LogP contribution < -0.4 is 4.90 Å². The van der Waals surface area contributed by atoms with Crippen LogP contribution in [0.25, 0.3) is 0 Å². The minimum Gasteiger partial charge on any atom is -0.307 e. The summed E-state index contributed by atoms with van der Waals surface area (Å²) in [5, 5.41) is 0. The van der Waals surface area contributed by atoms with Gasteiger partial charge in [-0.25, -0.2) is 0 Å². The predicted octanol–water partition coefficient (Wildman–Crippen LogP) is 3.88. The number of pyridine rings is 1. The summed E-state index contributed by atoms with van der Waals surface area (Å²) in [6.07, 6.45) is 9.70. The van der Waals surface area contributed by atoms with Crippen molar-refractivity contribution >= 4 is 27.5 Å². The Morgan fingerprint density at radius 3 is 2.68 bits per heavy atom. The molecular weight excluding hydrogens is 378 g/mol. The van der Waals surface area contributed by atoms with Crippen molar-refractivity contribution in [2.24, 2.45) is 5.41 Å². The van der Waals surface area contributed by atoms with Gasteiger partial charge in [0.2, 0.25) is 5.91 Å². The first-order valence-electron chi connectivity index (χ1n) is 9.63. The summed E-state index contributed by atoms with van der Waals surface area (Å²) in [6, 6.07) is 3.08. The van der Waals surface area contributed by atoms with Crippen LogP contribution in [0.15, 0.2) is 16.7 Å². The highest BCUT2D eigenvalue weighted by Crippen LogP contribution is 2.53. The van der Waals surface area contributed by atoms with Crippen LogP contribution in [0.3, 0.4) is 0 Å². The number of nitrogens with zero attached hydrogens (tertiary/aromatic N) is 3. The first-order chi connectivity index (χ1) is 11.9. The number of anilines is 1. The van der Waals surface area contributed by atoms with Gasteiger partial charge in [0.15, 0.2) is 0 Å². The number of piperidine rings is 1. The molecule has 4 nitrogen and oxygen atoms in total. The van der Waals surface area contributed by atoms with Crippen molar-refractivity contribution in [1.82, 2.24) is 9.88 Å². The van der Waals surface area contributed by atoms with E-state index in [1.807, 2.05) is 20.0 Å². The normalized spacial score (nSPS) is 32.6. The third kappa shape index (κ3) is 2.42. The molecule has 0 unspecified atom stereocenters. The van der Waals surface area contributed by atoms with Gasteiger partial charge in [-0.1, -0.05) is 0 Å². The van der Waals surface area contributed by atoms with Crippen molar-refractivity contribution in [2.45, 2.75) is 69.9 Å². The Balaban J connectivity index is 1.34. The molecular formula is C20H26BrN3O. The lowest BCUT2D eigenvalue weighted by Gasteiger charge is -2.49. The average Bonchev–Trinajstić information content (AvgIpc) is 3.23.